The third-order valence-corrected chi connectivity index (χ3v) is 27.3. The molecule has 0 aliphatic carbocycles. The zero-order valence-corrected chi connectivity index (χ0v) is 79.6. The van der Waals surface area contributed by atoms with E-state index in [1.807, 2.05) is 103 Å². The second kappa shape index (κ2) is 37.5. The Labute approximate surface area is 816 Å². The first-order valence-electron chi connectivity index (χ1n) is 42.9. The highest BCUT2D eigenvalue weighted by atomic mass is 79.9. The Morgan fingerprint density at radius 2 is 0.462 bits per heavy atom. The molecule has 4 heterocycles. The van der Waals surface area contributed by atoms with E-state index in [1.54, 1.807) is 0 Å². The van der Waals surface area contributed by atoms with Crippen LogP contribution in [0.15, 0.2) is 472 Å². The van der Waals surface area contributed by atoms with Crippen molar-refractivity contribution in [3.05, 3.63) is 475 Å². The predicted octanol–water partition coefficient (Wildman–Crippen LogP) is 40.0. The average molecular weight is 2040 g/mol. The Balaban J connectivity index is 0.000000106. The van der Waals surface area contributed by atoms with Gasteiger partial charge >= 0.3 is 0 Å². The lowest BCUT2D eigenvalue weighted by molar-refractivity contribution is 0.668. The lowest BCUT2D eigenvalue weighted by Crippen LogP contribution is -1.89. The molecule has 4 aromatic heterocycles. The zero-order chi connectivity index (χ0) is 89.5. The highest BCUT2D eigenvalue weighted by molar-refractivity contribution is 9.11. The van der Waals surface area contributed by atoms with Crippen LogP contribution in [0.1, 0.15) is 0 Å². The van der Waals surface area contributed by atoms with E-state index in [9.17, 15) is 0 Å². The minimum atomic E-state index is 0.734. The maximum atomic E-state index is 6.66. The van der Waals surface area contributed by atoms with Crippen LogP contribution in [0.3, 0.4) is 0 Å². The van der Waals surface area contributed by atoms with Gasteiger partial charge < -0.3 is 17.7 Å². The Hall–Kier alpha value is -13.3. The van der Waals surface area contributed by atoms with E-state index in [-0.39, 0.29) is 0 Å². The summed E-state index contributed by atoms with van der Waals surface area (Å²) in [6.07, 6.45) is 0. The molecule has 4 nitrogen and oxygen atoms in total. The van der Waals surface area contributed by atoms with E-state index >= 15 is 0 Å². The summed E-state index contributed by atoms with van der Waals surface area (Å²) >= 11 is 39.6. The van der Waals surface area contributed by atoms with Crippen LogP contribution in [0.5, 0.6) is 0 Å². The van der Waals surface area contributed by atoms with Crippen LogP contribution in [0.2, 0.25) is 20.1 Å². The SMILES string of the molecule is Clc1ccc(-c2ccc3c(c2)oc2cccc(Br)c23)cc1-c1cccc(-c2ccccc2)c1.Clc1ccc(-c2ccccc2-c2cccc(-c3ccc4oc5ccc(Br)cc5c4c3)c2)cc1.Clc1ccc(-c2ccccc2-c2ccccc2-c2ccc3c(c2)oc2ccc(Br)cc23)cc1.Clc1cccc(-c2ccccc2-c2ccccc2-c2ccc3oc4cc(Br)ccc4c3c2)c1. The fraction of sp³-hybridized carbons (Fsp3) is 0. The first-order valence-corrected chi connectivity index (χ1v) is 47.6. The molecule has 132 heavy (non-hydrogen) atoms. The van der Waals surface area contributed by atoms with Gasteiger partial charge in [-0.3, -0.25) is 0 Å². The van der Waals surface area contributed by atoms with E-state index < -0.39 is 0 Å². The first-order chi connectivity index (χ1) is 64.7. The highest BCUT2D eigenvalue weighted by Crippen LogP contribution is 2.47. The molecule has 0 saturated carbocycles. The number of furan rings is 4. The monoisotopic (exact) mass is 2030 g/mol. The number of benzene rings is 20. The van der Waals surface area contributed by atoms with Crippen molar-refractivity contribution in [1.29, 1.82) is 0 Å². The molecule has 12 heteroatoms. The molecule has 20 aromatic carbocycles. The smallest absolute Gasteiger partial charge is 0.136 e. The van der Waals surface area contributed by atoms with E-state index in [0.717, 1.165) is 187 Å². The lowest BCUT2D eigenvalue weighted by atomic mass is 9.89. The molecule has 0 aliphatic heterocycles. The van der Waals surface area contributed by atoms with E-state index in [0.29, 0.717) is 0 Å². The van der Waals surface area contributed by atoms with Crippen molar-refractivity contribution in [2.24, 2.45) is 0 Å². The van der Waals surface area contributed by atoms with Gasteiger partial charge in [0.15, 0.2) is 0 Å². The minimum Gasteiger partial charge on any atom is -0.456 e. The maximum Gasteiger partial charge on any atom is 0.136 e. The fourth-order valence-electron chi connectivity index (χ4n) is 17.8. The summed E-state index contributed by atoms with van der Waals surface area (Å²) in [6, 6.07) is 151. The lowest BCUT2D eigenvalue weighted by Gasteiger charge is -2.15. The molecule has 24 rings (SSSR count). The Morgan fingerprint density at radius 1 is 0.152 bits per heavy atom. The second-order valence-corrected chi connectivity index (χ2v) is 37.6. The van der Waals surface area contributed by atoms with Crippen molar-refractivity contribution in [3.63, 3.8) is 0 Å². The molecule has 24 aromatic rings. The zero-order valence-electron chi connectivity index (χ0n) is 70.2. The first kappa shape index (κ1) is 85.5. The molecule has 0 N–H and O–H groups in total. The molecule has 0 bridgehead atoms. The van der Waals surface area contributed by atoms with Gasteiger partial charge in [0.2, 0.25) is 0 Å². The normalized spacial score (nSPS) is 11.3. The van der Waals surface area contributed by atoms with Gasteiger partial charge in [-0.1, -0.05) is 371 Å². The van der Waals surface area contributed by atoms with Gasteiger partial charge in [0.25, 0.3) is 0 Å². The molecule has 0 aliphatic rings. The van der Waals surface area contributed by atoms with Gasteiger partial charge in [-0.05, 0) is 304 Å². The van der Waals surface area contributed by atoms with E-state index in [1.165, 1.54) is 72.3 Å². The van der Waals surface area contributed by atoms with Gasteiger partial charge in [0.05, 0.1) is 0 Å². The number of halogens is 8. The van der Waals surface area contributed by atoms with Gasteiger partial charge in [0.1, 0.15) is 44.7 Å². The van der Waals surface area contributed by atoms with Crippen molar-refractivity contribution in [3.8, 4) is 134 Å². The standard InChI is InChI=1S/4C30H18BrClO/c31-21-13-14-27-28-17-20(12-15-29(28)33-30(27)18-21)24-9-2-4-11-26(24)25-10-3-1-8-23(25)19-6-5-7-22(32)16-19;31-21-12-16-29-28(18-21)27-15-11-20(17-30(27)33-29)24-6-2-4-8-26(24)25-7-3-1-5-23(25)19-9-13-22(32)14-10-19;31-23-11-15-30-28(18-23)27-17-21(10-14-29(27)33-30)20-4-3-5-22(16-20)26-7-2-1-6-25(26)19-8-12-24(32)13-9-19;31-26-10-5-11-28-30(26)24-14-12-22(18-29(24)33-28)21-13-15-27(32)25(17-21)23-9-4-8-20(16-23)19-6-2-1-3-7-19/h4*1-18H. The number of hydrogen-bond donors (Lipinski definition) is 0. The van der Waals surface area contributed by atoms with Crippen LogP contribution < -0.4 is 0 Å². The largest absolute Gasteiger partial charge is 0.456 e. The molecule has 0 unspecified atom stereocenters. The van der Waals surface area contributed by atoms with Crippen LogP contribution >= 0.6 is 110 Å². The predicted molar refractivity (Wildman–Crippen MR) is 571 cm³/mol. The highest BCUT2D eigenvalue weighted by Gasteiger charge is 2.21. The summed E-state index contributed by atoms with van der Waals surface area (Å²) in [4.78, 5) is 0. The van der Waals surface area contributed by atoms with Gasteiger partial charge in [-0.15, -0.1) is 0 Å². The molecule has 0 radical (unpaired) electrons. The number of rotatable bonds is 12. The van der Waals surface area contributed by atoms with Crippen molar-refractivity contribution < 1.29 is 17.7 Å². The molecular formula is C120H72Br4Cl4O4. The summed E-state index contributed by atoms with van der Waals surface area (Å²) in [5.41, 5.74) is 34.8. The van der Waals surface area contributed by atoms with Crippen LogP contribution in [-0.2, 0) is 0 Å². The topological polar surface area (TPSA) is 52.6 Å². The van der Waals surface area contributed by atoms with Crippen LogP contribution in [0.25, 0.3) is 221 Å². The summed E-state index contributed by atoms with van der Waals surface area (Å²) in [5.74, 6) is 0. The fourth-order valence-corrected chi connectivity index (χ4v) is 20.1. The molecule has 0 amide bonds. The van der Waals surface area contributed by atoms with Crippen molar-refractivity contribution in [2.45, 2.75) is 0 Å². The molecule has 0 fully saturated rings. The Bertz CT molecular complexity index is 8520. The van der Waals surface area contributed by atoms with Crippen molar-refractivity contribution in [2.75, 3.05) is 0 Å². The molecular weight excluding hydrogens is 1970 g/mol. The third-order valence-electron chi connectivity index (χ3n) is 24.1. The summed E-state index contributed by atoms with van der Waals surface area (Å²) in [7, 11) is 0. The number of hydrogen-bond acceptors (Lipinski definition) is 4. The van der Waals surface area contributed by atoms with Gasteiger partial charge in [-0.2, -0.15) is 0 Å². The average Bonchev–Trinajstić information content (AvgIpc) is 1.57. The summed E-state index contributed by atoms with van der Waals surface area (Å²) in [5, 5.41) is 11.9. The molecule has 0 spiro atoms. The van der Waals surface area contributed by atoms with Crippen molar-refractivity contribution >= 4 is 198 Å². The van der Waals surface area contributed by atoms with Crippen LogP contribution in [-0.4, -0.2) is 0 Å². The van der Waals surface area contributed by atoms with Crippen LogP contribution in [0, 0.1) is 0 Å². The van der Waals surface area contributed by atoms with Gasteiger partial charge in [0, 0.05) is 86.6 Å². The van der Waals surface area contributed by atoms with E-state index in [2.05, 4.69) is 397 Å². The van der Waals surface area contributed by atoms with Crippen molar-refractivity contribution in [1.82, 2.24) is 0 Å². The van der Waals surface area contributed by atoms with E-state index in [4.69, 9.17) is 64.1 Å². The maximum absolute atomic E-state index is 6.66. The third kappa shape index (κ3) is 17.6. The van der Waals surface area contributed by atoms with Crippen LogP contribution in [0.4, 0.5) is 0 Å². The Morgan fingerprint density at radius 3 is 1.04 bits per heavy atom. The quantitative estimate of drug-likeness (QED) is 0.122. The molecule has 0 saturated heterocycles. The Kier molecular flexibility index (Phi) is 24.3. The molecule has 632 valence electrons. The van der Waals surface area contributed by atoms with Gasteiger partial charge in [-0.25, -0.2) is 0 Å². The minimum absolute atomic E-state index is 0.734. The number of fused-ring (bicyclic) bond motifs is 12. The molecule has 0 atom stereocenters. The summed E-state index contributed by atoms with van der Waals surface area (Å²) in [6.45, 7) is 0. The second-order valence-electron chi connectivity index (χ2n) is 32.3. The summed E-state index contributed by atoms with van der Waals surface area (Å²) < 4.78 is 28.6.